The minimum absolute atomic E-state index is 0.0122. The number of piperidine rings is 1. The van der Waals surface area contributed by atoms with E-state index in [1.54, 1.807) is 7.05 Å². The smallest absolute Gasteiger partial charge is 0.273 e. The maximum absolute atomic E-state index is 13.4. The van der Waals surface area contributed by atoms with E-state index in [-0.39, 0.29) is 5.56 Å². The first-order valence-corrected chi connectivity index (χ1v) is 6.88. The third-order valence-corrected chi connectivity index (χ3v) is 3.68. The van der Waals surface area contributed by atoms with Crippen molar-refractivity contribution in [2.45, 2.75) is 12.8 Å². The van der Waals surface area contributed by atoms with E-state index < -0.39 is 22.3 Å². The maximum Gasteiger partial charge on any atom is 0.273 e. The molecule has 0 saturated carbocycles. The Morgan fingerprint density at radius 1 is 1.43 bits per heavy atom. The molecule has 6 nitrogen and oxygen atoms in total. The summed E-state index contributed by atoms with van der Waals surface area (Å²) in [6.07, 6.45) is 1.97. The van der Waals surface area contributed by atoms with Crippen LogP contribution in [-0.4, -0.2) is 42.4 Å². The van der Waals surface area contributed by atoms with Crippen LogP contribution in [0.15, 0.2) is 18.2 Å². The van der Waals surface area contributed by atoms with Crippen LogP contribution >= 0.6 is 0 Å². The number of halogens is 1. The van der Waals surface area contributed by atoms with Gasteiger partial charge in [-0.25, -0.2) is 4.39 Å². The van der Waals surface area contributed by atoms with Crippen LogP contribution in [0.1, 0.15) is 23.2 Å². The Bertz CT molecular complexity index is 544. The van der Waals surface area contributed by atoms with Crippen LogP contribution in [0.4, 0.5) is 10.1 Å². The largest absolute Gasteiger partial charge is 0.341 e. The molecule has 21 heavy (non-hydrogen) atoms. The topological polar surface area (TPSA) is 75.5 Å². The van der Waals surface area contributed by atoms with Gasteiger partial charge in [0.25, 0.3) is 11.6 Å². The highest BCUT2D eigenvalue weighted by atomic mass is 19.1. The molecule has 1 heterocycles. The molecular weight excluding hydrogens is 277 g/mol. The normalized spacial score (nSPS) is 15.7. The summed E-state index contributed by atoms with van der Waals surface area (Å²) in [5.74, 6) is -0.761. The van der Waals surface area contributed by atoms with Crippen LogP contribution in [-0.2, 0) is 0 Å². The van der Waals surface area contributed by atoms with Gasteiger partial charge in [0.2, 0.25) is 0 Å². The average molecular weight is 295 g/mol. The Hall–Kier alpha value is -2.02. The van der Waals surface area contributed by atoms with Crippen molar-refractivity contribution < 1.29 is 14.1 Å². The number of nitrogens with one attached hydrogen (secondary N) is 1. The molecule has 1 amide bonds. The molecule has 0 unspecified atom stereocenters. The molecule has 1 aromatic carbocycles. The van der Waals surface area contributed by atoms with Gasteiger partial charge in [0, 0.05) is 25.2 Å². The van der Waals surface area contributed by atoms with Gasteiger partial charge in [0.05, 0.1) is 11.0 Å². The first kappa shape index (κ1) is 15.4. The van der Waals surface area contributed by atoms with Gasteiger partial charge in [-0.15, -0.1) is 0 Å². The molecule has 7 heteroatoms. The van der Waals surface area contributed by atoms with Gasteiger partial charge in [0.15, 0.2) is 0 Å². The summed E-state index contributed by atoms with van der Waals surface area (Å²) in [6.45, 7) is 2.43. The monoisotopic (exact) mass is 295 g/mol. The number of amides is 1. The van der Waals surface area contributed by atoms with E-state index in [9.17, 15) is 19.3 Å². The van der Waals surface area contributed by atoms with Crippen LogP contribution in [0.2, 0.25) is 0 Å². The number of hydrogen-bond acceptors (Lipinski definition) is 4. The van der Waals surface area contributed by atoms with Crippen LogP contribution in [0.3, 0.4) is 0 Å². The molecule has 1 saturated heterocycles. The Labute approximate surface area is 122 Å². The number of rotatable bonds is 4. The fourth-order valence-corrected chi connectivity index (χ4v) is 2.56. The maximum atomic E-state index is 13.4. The number of nitro groups is 1. The van der Waals surface area contributed by atoms with E-state index >= 15 is 0 Å². The molecule has 2 rings (SSSR count). The highest BCUT2D eigenvalue weighted by Crippen LogP contribution is 2.19. The summed E-state index contributed by atoms with van der Waals surface area (Å²) in [5, 5.41) is 14.0. The van der Waals surface area contributed by atoms with Crippen LogP contribution < -0.4 is 5.32 Å². The second-order valence-electron chi connectivity index (χ2n) is 5.33. The first-order chi connectivity index (χ1) is 9.97. The lowest BCUT2D eigenvalue weighted by atomic mass is 9.97. The lowest BCUT2D eigenvalue weighted by molar-refractivity contribution is -0.385. The fourth-order valence-electron chi connectivity index (χ4n) is 2.56. The summed E-state index contributed by atoms with van der Waals surface area (Å²) in [5.41, 5.74) is -0.397. The minimum atomic E-state index is -0.775. The van der Waals surface area contributed by atoms with Gasteiger partial charge < -0.3 is 10.2 Å². The lowest BCUT2D eigenvalue weighted by Gasteiger charge is -2.27. The Morgan fingerprint density at radius 2 is 2.10 bits per heavy atom. The van der Waals surface area contributed by atoms with Gasteiger partial charge in [-0.1, -0.05) is 0 Å². The van der Waals surface area contributed by atoms with Crippen molar-refractivity contribution >= 4 is 11.6 Å². The zero-order valence-electron chi connectivity index (χ0n) is 11.8. The molecule has 0 bridgehead atoms. The predicted octanol–water partition coefficient (Wildman–Crippen LogP) is 1.81. The minimum Gasteiger partial charge on any atom is -0.341 e. The summed E-state index contributed by atoms with van der Waals surface area (Å²) < 4.78 is 13.4. The van der Waals surface area contributed by atoms with Gasteiger partial charge in [-0.3, -0.25) is 14.9 Å². The molecule has 0 radical (unpaired) electrons. The summed E-state index contributed by atoms with van der Waals surface area (Å²) in [7, 11) is 1.64. The number of hydrogen-bond donors (Lipinski definition) is 1. The molecular formula is C14H18FN3O3. The zero-order chi connectivity index (χ0) is 15.4. The Balaban J connectivity index is 2.09. The number of non-ortho nitro benzene ring substituents is 1. The Kier molecular flexibility index (Phi) is 4.85. The van der Waals surface area contributed by atoms with E-state index in [2.05, 4.69) is 5.32 Å². The third kappa shape index (κ3) is 3.98. The highest BCUT2D eigenvalue weighted by molar-refractivity contribution is 5.94. The highest BCUT2D eigenvalue weighted by Gasteiger charge is 2.21. The second kappa shape index (κ2) is 6.62. The third-order valence-electron chi connectivity index (χ3n) is 3.68. The molecule has 1 fully saturated rings. The summed E-state index contributed by atoms with van der Waals surface area (Å²) in [6, 6.07) is 2.96. The van der Waals surface area contributed by atoms with E-state index in [1.165, 1.54) is 4.90 Å². The molecule has 0 aromatic heterocycles. The van der Waals surface area contributed by atoms with Crippen LogP contribution in [0.25, 0.3) is 0 Å². The predicted molar refractivity (Wildman–Crippen MR) is 75.6 cm³/mol. The van der Waals surface area contributed by atoms with Crippen molar-refractivity contribution in [1.29, 1.82) is 0 Å². The van der Waals surface area contributed by atoms with Gasteiger partial charge >= 0.3 is 0 Å². The van der Waals surface area contributed by atoms with Crippen molar-refractivity contribution in [3.05, 3.63) is 39.7 Å². The first-order valence-electron chi connectivity index (χ1n) is 6.88. The molecule has 0 atom stereocenters. The zero-order valence-corrected chi connectivity index (χ0v) is 11.8. The Morgan fingerprint density at radius 3 is 2.71 bits per heavy atom. The van der Waals surface area contributed by atoms with Crippen molar-refractivity contribution in [3.8, 4) is 0 Å². The summed E-state index contributed by atoms with van der Waals surface area (Å²) >= 11 is 0. The van der Waals surface area contributed by atoms with Gasteiger partial charge in [-0.05, 0) is 37.9 Å². The van der Waals surface area contributed by atoms with Crippen molar-refractivity contribution in [2.24, 2.45) is 5.92 Å². The van der Waals surface area contributed by atoms with Crippen LogP contribution in [0.5, 0.6) is 0 Å². The molecule has 0 spiro atoms. The molecule has 114 valence electrons. The standard InChI is InChI=1S/C14H18FN3O3/c1-17(9-10-2-4-16-5-3-10)14(19)11-6-12(15)8-13(7-11)18(20)21/h6-8,10,16H,2-5,9H2,1H3. The van der Waals surface area contributed by atoms with Gasteiger partial charge in [-0.2, -0.15) is 0 Å². The van der Waals surface area contributed by atoms with E-state index in [0.29, 0.717) is 12.5 Å². The number of nitrogens with zero attached hydrogens (tertiary/aromatic N) is 2. The second-order valence-corrected chi connectivity index (χ2v) is 5.33. The molecule has 1 aliphatic heterocycles. The number of carbonyl (C=O) groups is 1. The number of carbonyl (C=O) groups excluding carboxylic acids is 1. The van der Waals surface area contributed by atoms with Crippen LogP contribution in [0, 0.1) is 21.8 Å². The fraction of sp³-hybridized carbons (Fsp3) is 0.500. The quantitative estimate of drug-likeness (QED) is 0.679. The van der Waals surface area contributed by atoms with Gasteiger partial charge in [0.1, 0.15) is 5.82 Å². The van der Waals surface area contributed by atoms with Crippen molar-refractivity contribution in [3.63, 3.8) is 0 Å². The molecule has 0 aliphatic carbocycles. The molecule has 1 aliphatic rings. The van der Waals surface area contributed by atoms with Crippen molar-refractivity contribution in [1.82, 2.24) is 10.2 Å². The van der Waals surface area contributed by atoms with E-state index in [0.717, 1.165) is 44.1 Å². The molecule has 1 aromatic rings. The van der Waals surface area contributed by atoms with E-state index in [4.69, 9.17) is 0 Å². The average Bonchev–Trinajstić information content (AvgIpc) is 2.46. The number of nitro benzene ring substituents is 1. The SMILES string of the molecule is CN(CC1CCNCC1)C(=O)c1cc(F)cc([N+](=O)[O-])c1. The summed E-state index contributed by atoms with van der Waals surface area (Å²) in [4.78, 5) is 23.8. The van der Waals surface area contributed by atoms with Crippen molar-refractivity contribution in [2.75, 3.05) is 26.7 Å². The molecule has 1 N–H and O–H groups in total. The lowest BCUT2D eigenvalue weighted by Crippen LogP contribution is -2.37. The van der Waals surface area contributed by atoms with E-state index in [1.807, 2.05) is 0 Å². The number of benzene rings is 1.